The molecular weight excluding hydrogens is 202 g/mol. The van der Waals surface area contributed by atoms with Gasteiger partial charge in [0.25, 0.3) is 0 Å². The first-order valence-electron chi connectivity index (χ1n) is 4.42. The number of phenols is 2. The molecule has 1 atom stereocenters. The van der Waals surface area contributed by atoms with Crippen LogP contribution in [0.1, 0.15) is 31.4 Å². The van der Waals surface area contributed by atoms with Crippen LogP contribution in [0.3, 0.4) is 0 Å². The van der Waals surface area contributed by atoms with E-state index < -0.39 is 0 Å². The minimum Gasteiger partial charge on any atom is -0.508 e. The van der Waals surface area contributed by atoms with E-state index in [9.17, 15) is 5.11 Å². The van der Waals surface area contributed by atoms with Gasteiger partial charge in [-0.05, 0) is 12.5 Å². The van der Waals surface area contributed by atoms with Crippen LogP contribution in [0.4, 0.5) is 0 Å². The molecule has 0 amide bonds. The van der Waals surface area contributed by atoms with Gasteiger partial charge in [-0.2, -0.15) is 0 Å². The zero-order valence-electron chi connectivity index (χ0n) is 8.10. The molecule has 0 bridgehead atoms. The Bertz CT molecular complexity index is 291. The third-order valence-corrected chi connectivity index (χ3v) is 2.01. The maximum Gasteiger partial charge on any atom is 0.124 e. The molecule has 0 fully saturated rings. The number of hydrogen-bond acceptors (Lipinski definition) is 3. The SMILES string of the molecule is CCC[C@@H](N)c1ccc(O)cc1O.Cl. The van der Waals surface area contributed by atoms with E-state index in [0.717, 1.165) is 12.8 Å². The van der Waals surface area contributed by atoms with Gasteiger partial charge in [-0.25, -0.2) is 0 Å². The quantitative estimate of drug-likeness (QED) is 0.728. The van der Waals surface area contributed by atoms with Crippen LogP contribution >= 0.6 is 12.4 Å². The molecule has 0 saturated carbocycles. The molecule has 4 N–H and O–H groups in total. The van der Waals surface area contributed by atoms with Crippen molar-refractivity contribution in [1.29, 1.82) is 0 Å². The second-order valence-corrected chi connectivity index (χ2v) is 3.14. The van der Waals surface area contributed by atoms with Gasteiger partial charge in [0.2, 0.25) is 0 Å². The lowest BCUT2D eigenvalue weighted by Crippen LogP contribution is -2.09. The topological polar surface area (TPSA) is 66.5 Å². The third kappa shape index (κ3) is 3.09. The summed E-state index contributed by atoms with van der Waals surface area (Å²) >= 11 is 0. The van der Waals surface area contributed by atoms with Gasteiger partial charge in [0.1, 0.15) is 11.5 Å². The molecule has 1 aromatic carbocycles. The first-order chi connectivity index (χ1) is 6.15. The van der Waals surface area contributed by atoms with Crippen molar-refractivity contribution in [3.05, 3.63) is 23.8 Å². The van der Waals surface area contributed by atoms with E-state index in [1.165, 1.54) is 12.1 Å². The fourth-order valence-corrected chi connectivity index (χ4v) is 1.31. The van der Waals surface area contributed by atoms with Crippen molar-refractivity contribution in [3.63, 3.8) is 0 Å². The highest BCUT2D eigenvalue weighted by molar-refractivity contribution is 5.85. The molecule has 3 nitrogen and oxygen atoms in total. The Hall–Kier alpha value is -0.930. The molecule has 4 heteroatoms. The van der Waals surface area contributed by atoms with E-state index in [-0.39, 0.29) is 29.9 Å². The molecule has 1 rings (SSSR count). The van der Waals surface area contributed by atoms with Gasteiger partial charge < -0.3 is 15.9 Å². The first-order valence-corrected chi connectivity index (χ1v) is 4.42. The molecule has 0 spiro atoms. The summed E-state index contributed by atoms with van der Waals surface area (Å²) < 4.78 is 0. The Balaban J connectivity index is 0.00000169. The van der Waals surface area contributed by atoms with E-state index in [0.29, 0.717) is 5.56 Å². The monoisotopic (exact) mass is 217 g/mol. The van der Waals surface area contributed by atoms with Crippen LogP contribution < -0.4 is 5.73 Å². The van der Waals surface area contributed by atoms with Gasteiger partial charge in [0.15, 0.2) is 0 Å². The zero-order valence-corrected chi connectivity index (χ0v) is 8.92. The van der Waals surface area contributed by atoms with Gasteiger partial charge in [-0.3, -0.25) is 0 Å². The second kappa shape index (κ2) is 5.73. The Morgan fingerprint density at radius 1 is 1.36 bits per heavy atom. The van der Waals surface area contributed by atoms with Gasteiger partial charge in [-0.15, -0.1) is 12.4 Å². The summed E-state index contributed by atoms with van der Waals surface area (Å²) in [7, 11) is 0. The van der Waals surface area contributed by atoms with Crippen LogP contribution in [-0.4, -0.2) is 10.2 Å². The number of phenolic OH excluding ortho intramolecular Hbond substituents is 2. The number of hydrogen-bond donors (Lipinski definition) is 3. The summed E-state index contributed by atoms with van der Waals surface area (Å²) in [6.45, 7) is 2.04. The molecule has 0 aliphatic rings. The maximum absolute atomic E-state index is 9.45. The fraction of sp³-hybridized carbons (Fsp3) is 0.400. The second-order valence-electron chi connectivity index (χ2n) is 3.14. The summed E-state index contributed by atoms with van der Waals surface area (Å²) in [5.74, 6) is 0.130. The zero-order chi connectivity index (χ0) is 9.84. The van der Waals surface area contributed by atoms with Crippen molar-refractivity contribution >= 4 is 12.4 Å². The van der Waals surface area contributed by atoms with E-state index >= 15 is 0 Å². The lowest BCUT2D eigenvalue weighted by atomic mass is 10.0. The fourth-order valence-electron chi connectivity index (χ4n) is 1.31. The largest absolute Gasteiger partial charge is 0.508 e. The Morgan fingerprint density at radius 3 is 2.50 bits per heavy atom. The molecule has 80 valence electrons. The number of halogens is 1. The Kier molecular flexibility index (Phi) is 5.35. The molecule has 0 radical (unpaired) electrons. The maximum atomic E-state index is 9.45. The average Bonchev–Trinajstić information content (AvgIpc) is 2.04. The smallest absolute Gasteiger partial charge is 0.124 e. The van der Waals surface area contributed by atoms with E-state index in [2.05, 4.69) is 0 Å². The summed E-state index contributed by atoms with van der Waals surface area (Å²) in [4.78, 5) is 0. The highest BCUT2D eigenvalue weighted by Gasteiger charge is 2.09. The molecule has 0 heterocycles. The Morgan fingerprint density at radius 2 is 2.00 bits per heavy atom. The molecule has 0 aliphatic heterocycles. The van der Waals surface area contributed by atoms with E-state index in [1.807, 2.05) is 6.92 Å². The van der Waals surface area contributed by atoms with Crippen LogP contribution in [0.15, 0.2) is 18.2 Å². The first kappa shape index (κ1) is 13.1. The number of rotatable bonds is 3. The van der Waals surface area contributed by atoms with E-state index in [4.69, 9.17) is 10.8 Å². The molecular formula is C10H16ClNO2. The highest BCUT2D eigenvalue weighted by atomic mass is 35.5. The summed E-state index contributed by atoms with van der Waals surface area (Å²) in [6.07, 6.45) is 1.81. The van der Waals surface area contributed by atoms with Gasteiger partial charge in [0.05, 0.1) is 0 Å². The predicted octanol–water partition coefficient (Wildman–Crippen LogP) is 2.32. The van der Waals surface area contributed by atoms with Crippen molar-refractivity contribution in [3.8, 4) is 11.5 Å². The van der Waals surface area contributed by atoms with Gasteiger partial charge >= 0.3 is 0 Å². The molecule has 0 saturated heterocycles. The normalized spacial score (nSPS) is 11.9. The van der Waals surface area contributed by atoms with Crippen molar-refractivity contribution in [2.24, 2.45) is 5.73 Å². The molecule has 0 unspecified atom stereocenters. The molecule has 1 aromatic rings. The van der Waals surface area contributed by atoms with Crippen molar-refractivity contribution in [1.82, 2.24) is 0 Å². The summed E-state index contributed by atoms with van der Waals surface area (Å²) in [6, 6.07) is 4.35. The van der Waals surface area contributed by atoms with Crippen LogP contribution in [0.5, 0.6) is 11.5 Å². The Labute approximate surface area is 90.0 Å². The lowest BCUT2D eigenvalue weighted by Gasteiger charge is -2.12. The summed E-state index contributed by atoms with van der Waals surface area (Å²) in [5.41, 5.74) is 6.51. The van der Waals surface area contributed by atoms with Crippen LogP contribution in [0.25, 0.3) is 0 Å². The van der Waals surface area contributed by atoms with Crippen LogP contribution in [0.2, 0.25) is 0 Å². The number of aromatic hydroxyl groups is 2. The summed E-state index contributed by atoms with van der Waals surface area (Å²) in [5, 5.41) is 18.5. The van der Waals surface area contributed by atoms with Crippen LogP contribution in [-0.2, 0) is 0 Å². The van der Waals surface area contributed by atoms with Crippen molar-refractivity contribution in [2.75, 3.05) is 0 Å². The standard InChI is InChI=1S/C10H15NO2.ClH/c1-2-3-9(11)8-5-4-7(12)6-10(8)13;/h4-6,9,12-13H,2-3,11H2,1H3;1H/t9-;/m1./s1. The number of benzene rings is 1. The molecule has 14 heavy (non-hydrogen) atoms. The van der Waals surface area contributed by atoms with Gasteiger partial charge in [-0.1, -0.05) is 19.4 Å². The van der Waals surface area contributed by atoms with Crippen molar-refractivity contribution < 1.29 is 10.2 Å². The average molecular weight is 218 g/mol. The van der Waals surface area contributed by atoms with Gasteiger partial charge in [0, 0.05) is 17.7 Å². The lowest BCUT2D eigenvalue weighted by molar-refractivity contribution is 0.439. The minimum absolute atomic E-state index is 0. The highest BCUT2D eigenvalue weighted by Crippen LogP contribution is 2.28. The molecule has 0 aromatic heterocycles. The third-order valence-electron chi connectivity index (χ3n) is 2.01. The van der Waals surface area contributed by atoms with E-state index in [1.54, 1.807) is 6.07 Å². The molecule has 0 aliphatic carbocycles. The van der Waals surface area contributed by atoms with Crippen molar-refractivity contribution in [2.45, 2.75) is 25.8 Å². The predicted molar refractivity (Wildman–Crippen MR) is 58.9 cm³/mol. The van der Waals surface area contributed by atoms with Crippen LogP contribution in [0, 0.1) is 0 Å². The minimum atomic E-state index is -0.148. The number of nitrogens with two attached hydrogens (primary N) is 1.